The quantitative estimate of drug-likeness (QED) is 0.338. The van der Waals surface area contributed by atoms with Crippen LogP contribution in [0.25, 0.3) is 10.9 Å². The maximum Gasteiger partial charge on any atom is 0.246 e. The Morgan fingerprint density at radius 2 is 2.05 bits per heavy atom. The number of amides is 1. The third-order valence-electron chi connectivity index (χ3n) is 7.33. The number of aliphatic imine (C=N–C) groups is 1. The molecule has 2 aliphatic heterocycles. The van der Waals surface area contributed by atoms with E-state index in [-0.39, 0.29) is 17.9 Å². The number of aromatic nitrogens is 2. The molecule has 1 unspecified atom stereocenters. The Kier molecular flexibility index (Phi) is 7.58. The highest BCUT2D eigenvalue weighted by molar-refractivity contribution is 5.93. The summed E-state index contributed by atoms with van der Waals surface area (Å²) >= 11 is 0. The van der Waals surface area contributed by atoms with E-state index in [1.807, 2.05) is 24.4 Å². The van der Waals surface area contributed by atoms with Gasteiger partial charge in [-0.05, 0) is 50.0 Å². The van der Waals surface area contributed by atoms with Crippen molar-refractivity contribution < 1.29 is 19.4 Å². The number of allylic oxidation sites excluding steroid dienone is 1. The lowest BCUT2D eigenvalue weighted by Crippen LogP contribution is -2.55. The number of rotatable bonds is 10. The first-order valence-corrected chi connectivity index (χ1v) is 13.4. The molecule has 0 saturated carbocycles. The fourth-order valence-corrected chi connectivity index (χ4v) is 5.03. The zero-order valence-corrected chi connectivity index (χ0v) is 23.3. The molecule has 0 spiro atoms. The molecule has 2 N–H and O–H groups in total. The number of benzene rings is 2. The van der Waals surface area contributed by atoms with Gasteiger partial charge in [0.15, 0.2) is 11.5 Å². The van der Waals surface area contributed by atoms with E-state index in [0.717, 1.165) is 35.0 Å². The van der Waals surface area contributed by atoms with Crippen molar-refractivity contribution >= 4 is 34.0 Å². The van der Waals surface area contributed by atoms with Gasteiger partial charge in [0.2, 0.25) is 5.91 Å². The minimum atomic E-state index is -1.09. The number of methoxy groups -OCH3 is 1. The highest BCUT2D eigenvalue weighted by Crippen LogP contribution is 2.38. The van der Waals surface area contributed by atoms with Gasteiger partial charge < -0.3 is 24.8 Å². The van der Waals surface area contributed by atoms with Crippen LogP contribution in [0.1, 0.15) is 50.7 Å². The fourth-order valence-electron chi connectivity index (χ4n) is 5.03. The van der Waals surface area contributed by atoms with Crippen LogP contribution in [0.15, 0.2) is 66.6 Å². The highest BCUT2D eigenvalue weighted by atomic mass is 16.5. The number of hydrogen-bond acceptors (Lipinski definition) is 8. The Bertz CT molecular complexity index is 1500. The first-order chi connectivity index (χ1) is 19.2. The molecule has 1 saturated heterocycles. The number of fused-ring (bicyclic) bond motifs is 1. The zero-order valence-electron chi connectivity index (χ0n) is 23.3. The lowest BCUT2D eigenvalue weighted by atomic mass is 9.88. The molecule has 9 nitrogen and oxygen atoms in total. The van der Waals surface area contributed by atoms with Crippen LogP contribution in [-0.4, -0.2) is 57.9 Å². The average Bonchev–Trinajstić information content (AvgIpc) is 3.42. The van der Waals surface area contributed by atoms with Crippen molar-refractivity contribution in [2.45, 2.75) is 51.2 Å². The van der Waals surface area contributed by atoms with Crippen LogP contribution in [0.5, 0.6) is 11.5 Å². The van der Waals surface area contributed by atoms with Crippen molar-refractivity contribution in [1.29, 1.82) is 0 Å². The molecule has 0 aliphatic carbocycles. The van der Waals surface area contributed by atoms with Crippen molar-refractivity contribution in [3.05, 3.63) is 72.7 Å². The number of aliphatic hydroxyl groups is 1. The van der Waals surface area contributed by atoms with Crippen LogP contribution in [0.4, 0.5) is 11.5 Å². The number of nitrogens with zero attached hydrogens (tertiary/aromatic N) is 4. The molecule has 40 heavy (non-hydrogen) atoms. The largest absolute Gasteiger partial charge is 0.493 e. The molecule has 5 rings (SSSR count). The molecule has 1 amide bonds. The molecule has 1 atom stereocenters. The molecule has 0 radical (unpaired) electrons. The number of anilines is 2. The van der Waals surface area contributed by atoms with E-state index in [1.165, 1.54) is 18.1 Å². The number of carbonyl (C=O) groups excluding carboxylic acids is 1. The molecule has 0 bridgehead atoms. The van der Waals surface area contributed by atoms with E-state index in [9.17, 15) is 9.90 Å². The summed E-state index contributed by atoms with van der Waals surface area (Å²) < 4.78 is 11.8. The minimum Gasteiger partial charge on any atom is -0.493 e. The predicted molar refractivity (Wildman–Crippen MR) is 156 cm³/mol. The van der Waals surface area contributed by atoms with Crippen molar-refractivity contribution in [1.82, 2.24) is 14.9 Å². The van der Waals surface area contributed by atoms with Crippen LogP contribution in [0, 0.1) is 0 Å². The lowest BCUT2D eigenvalue weighted by molar-refractivity contribution is -0.134. The second kappa shape index (κ2) is 11.1. The monoisotopic (exact) mass is 541 g/mol. The van der Waals surface area contributed by atoms with Gasteiger partial charge in [0.25, 0.3) is 0 Å². The fraction of sp³-hybridized carbons (Fsp3) is 0.355. The van der Waals surface area contributed by atoms with Crippen LogP contribution in [0.3, 0.4) is 0 Å². The van der Waals surface area contributed by atoms with E-state index in [2.05, 4.69) is 52.0 Å². The van der Waals surface area contributed by atoms with Gasteiger partial charge in [0.05, 0.1) is 31.3 Å². The second-order valence-electron chi connectivity index (χ2n) is 10.8. The molecule has 208 valence electrons. The van der Waals surface area contributed by atoms with Gasteiger partial charge in [-0.3, -0.25) is 9.79 Å². The van der Waals surface area contributed by atoms with E-state index in [0.29, 0.717) is 35.9 Å². The summed E-state index contributed by atoms with van der Waals surface area (Å²) in [5.41, 5.74) is 3.40. The summed E-state index contributed by atoms with van der Waals surface area (Å²) in [5.74, 6) is 1.80. The molecular formula is C31H35N5O4. The molecule has 3 aromatic rings. The zero-order chi connectivity index (χ0) is 28.4. The maximum absolute atomic E-state index is 11.8. The van der Waals surface area contributed by atoms with E-state index >= 15 is 0 Å². The summed E-state index contributed by atoms with van der Waals surface area (Å²) in [4.78, 5) is 26.9. The first-order valence-electron chi connectivity index (χ1n) is 13.4. The second-order valence-corrected chi connectivity index (χ2v) is 10.8. The van der Waals surface area contributed by atoms with Crippen molar-refractivity contribution in [2.75, 3.05) is 25.5 Å². The summed E-state index contributed by atoms with van der Waals surface area (Å²) in [6, 6.07) is 9.79. The Balaban J connectivity index is 1.44. The molecular weight excluding hydrogens is 506 g/mol. The third-order valence-corrected chi connectivity index (χ3v) is 7.33. The highest BCUT2D eigenvalue weighted by Gasteiger charge is 2.32. The summed E-state index contributed by atoms with van der Waals surface area (Å²) in [7, 11) is 1.58. The number of hydrogen-bond donors (Lipinski definition) is 2. The Labute approximate surface area is 234 Å². The van der Waals surface area contributed by atoms with Crippen LogP contribution < -0.4 is 14.8 Å². The molecule has 2 aromatic carbocycles. The van der Waals surface area contributed by atoms with Gasteiger partial charge in [-0.15, -0.1) is 0 Å². The smallest absolute Gasteiger partial charge is 0.246 e. The Hall–Kier alpha value is -4.24. The van der Waals surface area contributed by atoms with Gasteiger partial charge in [-0.2, -0.15) is 0 Å². The molecule has 3 heterocycles. The van der Waals surface area contributed by atoms with Gasteiger partial charge in [-0.25, -0.2) is 9.97 Å². The standard InChI is InChI=1S/C31H35N5O4/c1-6-29(37)36-16-22(17-36)40-28-14-23-26(15-27(28)39-5)33-18-34-30(23)35-25-10-9-20(13-24(25)31(3,4)38)19(2)12-21-8-7-11-32-21/h6-7,9-11,13-15,18-19,22,38H,1,8,12,16-17H2,2-5H3,(H,33,34,35). The SMILES string of the molecule is C=CC(=O)N1CC(Oc2cc3c(Nc4ccc(C(C)CC5=NC=CC5)cc4C(C)(C)O)ncnc3cc2OC)C1. The molecule has 1 aromatic heterocycles. The van der Waals surface area contributed by atoms with Crippen molar-refractivity contribution in [2.24, 2.45) is 4.99 Å². The van der Waals surface area contributed by atoms with Gasteiger partial charge in [-0.1, -0.05) is 31.7 Å². The van der Waals surface area contributed by atoms with E-state index < -0.39 is 5.60 Å². The molecule has 9 heteroatoms. The molecule has 1 fully saturated rings. The van der Waals surface area contributed by atoms with Gasteiger partial charge >= 0.3 is 0 Å². The van der Waals surface area contributed by atoms with Crippen LogP contribution >= 0.6 is 0 Å². The van der Waals surface area contributed by atoms with Crippen LogP contribution in [-0.2, 0) is 10.4 Å². The Morgan fingerprint density at radius 1 is 1.25 bits per heavy atom. The average molecular weight is 542 g/mol. The number of carbonyl (C=O) groups is 1. The minimum absolute atomic E-state index is 0.113. The number of ether oxygens (including phenoxy) is 2. The number of nitrogens with one attached hydrogen (secondary N) is 1. The Morgan fingerprint density at radius 3 is 2.73 bits per heavy atom. The van der Waals surface area contributed by atoms with E-state index in [4.69, 9.17) is 9.47 Å². The van der Waals surface area contributed by atoms with Crippen LogP contribution in [0.2, 0.25) is 0 Å². The van der Waals surface area contributed by atoms with Crippen molar-refractivity contribution in [3.8, 4) is 11.5 Å². The summed E-state index contributed by atoms with van der Waals surface area (Å²) in [6.45, 7) is 10.2. The first kappa shape index (κ1) is 27.3. The predicted octanol–water partition coefficient (Wildman–Crippen LogP) is 5.24. The van der Waals surface area contributed by atoms with Crippen molar-refractivity contribution in [3.63, 3.8) is 0 Å². The topological polar surface area (TPSA) is 109 Å². The maximum atomic E-state index is 11.8. The van der Waals surface area contributed by atoms with E-state index in [1.54, 1.807) is 25.9 Å². The van der Waals surface area contributed by atoms with Gasteiger partial charge in [0.1, 0.15) is 18.2 Å². The summed E-state index contributed by atoms with van der Waals surface area (Å²) in [5, 5.41) is 15.3. The lowest BCUT2D eigenvalue weighted by Gasteiger charge is -2.38. The van der Waals surface area contributed by atoms with Gasteiger partial charge in [0, 0.05) is 41.0 Å². The summed E-state index contributed by atoms with van der Waals surface area (Å²) in [6.07, 6.45) is 8.34. The third kappa shape index (κ3) is 5.70. The number of likely N-dealkylation sites (tertiary alicyclic amines) is 1. The normalized spacial score (nSPS) is 15.9. The molecule has 2 aliphatic rings.